The van der Waals surface area contributed by atoms with Gasteiger partial charge in [0.1, 0.15) is 5.82 Å². The van der Waals surface area contributed by atoms with Gasteiger partial charge in [0.25, 0.3) is 0 Å². The molecule has 0 saturated heterocycles. The lowest BCUT2D eigenvalue weighted by Crippen LogP contribution is -2.26. The molecule has 0 radical (unpaired) electrons. The SMILES string of the molecule is C=CC[C@@](C)(C[C@H](c1cc(F)cc(Cl)c1)[C@H](C)c1ccc(Cl)cc1)C(=C)OC[C@@H](C)CC. The van der Waals surface area contributed by atoms with Crippen molar-refractivity contribution < 1.29 is 9.13 Å². The minimum absolute atomic E-state index is 0.0155. The van der Waals surface area contributed by atoms with Crippen molar-refractivity contribution in [3.05, 3.63) is 94.4 Å². The summed E-state index contributed by atoms with van der Waals surface area (Å²) in [6.07, 6.45) is 4.37. The third-order valence-corrected chi connectivity index (χ3v) is 6.96. The maximum absolute atomic E-state index is 14.3. The Bertz CT molecular complexity index is 888. The predicted molar refractivity (Wildman–Crippen MR) is 136 cm³/mol. The van der Waals surface area contributed by atoms with Crippen LogP contribution in [0, 0.1) is 17.2 Å². The summed E-state index contributed by atoms with van der Waals surface area (Å²) < 4.78 is 20.5. The Labute approximate surface area is 203 Å². The van der Waals surface area contributed by atoms with Crippen molar-refractivity contribution in [1.29, 1.82) is 0 Å². The molecule has 0 aliphatic rings. The summed E-state index contributed by atoms with van der Waals surface area (Å²) in [5, 5.41) is 1.08. The van der Waals surface area contributed by atoms with Gasteiger partial charge in [-0.15, -0.1) is 6.58 Å². The van der Waals surface area contributed by atoms with E-state index >= 15 is 0 Å². The fraction of sp³-hybridized carbons (Fsp3) is 0.429. The number of hydrogen-bond acceptors (Lipinski definition) is 1. The van der Waals surface area contributed by atoms with Crippen molar-refractivity contribution in [2.24, 2.45) is 11.3 Å². The Morgan fingerprint density at radius 1 is 1.09 bits per heavy atom. The monoisotopic (exact) mass is 476 g/mol. The van der Waals surface area contributed by atoms with Crippen LogP contribution in [-0.4, -0.2) is 6.61 Å². The molecule has 0 spiro atoms. The molecule has 0 saturated carbocycles. The van der Waals surface area contributed by atoms with Crippen LogP contribution in [0.15, 0.2) is 67.5 Å². The van der Waals surface area contributed by atoms with Crippen molar-refractivity contribution in [1.82, 2.24) is 0 Å². The summed E-state index contributed by atoms with van der Waals surface area (Å²) in [6.45, 7) is 17.5. The highest BCUT2D eigenvalue weighted by atomic mass is 35.5. The van der Waals surface area contributed by atoms with E-state index in [1.165, 1.54) is 6.07 Å². The van der Waals surface area contributed by atoms with E-state index in [9.17, 15) is 4.39 Å². The Balaban J connectivity index is 2.45. The molecule has 32 heavy (non-hydrogen) atoms. The third-order valence-electron chi connectivity index (χ3n) is 6.49. The van der Waals surface area contributed by atoms with E-state index in [0.29, 0.717) is 35.4 Å². The first-order valence-corrected chi connectivity index (χ1v) is 12.0. The molecule has 4 heteroatoms. The summed E-state index contributed by atoms with van der Waals surface area (Å²) in [6, 6.07) is 12.6. The van der Waals surface area contributed by atoms with Crippen LogP contribution < -0.4 is 0 Å². The van der Waals surface area contributed by atoms with E-state index in [0.717, 1.165) is 23.3 Å². The quantitative estimate of drug-likeness (QED) is 0.218. The Kier molecular flexibility index (Phi) is 9.85. The first kappa shape index (κ1) is 26.5. The molecule has 4 atom stereocenters. The molecule has 0 N–H and O–H groups in total. The molecule has 0 unspecified atom stereocenters. The molecule has 2 rings (SSSR count). The summed E-state index contributed by atoms with van der Waals surface area (Å²) in [7, 11) is 0. The van der Waals surface area contributed by atoms with E-state index in [1.54, 1.807) is 6.07 Å². The molecule has 0 aliphatic carbocycles. The highest BCUT2D eigenvalue weighted by molar-refractivity contribution is 6.30. The Hall–Kier alpha value is -1.77. The summed E-state index contributed by atoms with van der Waals surface area (Å²) in [4.78, 5) is 0. The summed E-state index contributed by atoms with van der Waals surface area (Å²) >= 11 is 12.4. The first-order chi connectivity index (χ1) is 15.1. The fourth-order valence-electron chi connectivity index (χ4n) is 4.02. The van der Waals surface area contributed by atoms with Crippen LogP contribution in [-0.2, 0) is 4.74 Å². The van der Waals surface area contributed by atoms with Crippen LogP contribution >= 0.6 is 23.2 Å². The molecule has 0 heterocycles. The van der Waals surface area contributed by atoms with Crippen LogP contribution in [0.2, 0.25) is 10.0 Å². The molecule has 0 amide bonds. The molecule has 2 aromatic rings. The molecule has 2 aromatic carbocycles. The van der Waals surface area contributed by atoms with Gasteiger partial charge in [-0.25, -0.2) is 4.39 Å². The minimum Gasteiger partial charge on any atom is -0.498 e. The van der Waals surface area contributed by atoms with Gasteiger partial charge >= 0.3 is 0 Å². The lowest BCUT2D eigenvalue weighted by atomic mass is 9.70. The van der Waals surface area contributed by atoms with Crippen LogP contribution in [0.25, 0.3) is 0 Å². The normalized spacial score (nSPS) is 16.0. The van der Waals surface area contributed by atoms with Gasteiger partial charge in [-0.05, 0) is 72.1 Å². The van der Waals surface area contributed by atoms with E-state index in [-0.39, 0.29) is 23.1 Å². The molecule has 1 nitrogen and oxygen atoms in total. The summed E-state index contributed by atoms with van der Waals surface area (Å²) in [5.41, 5.74) is 1.63. The summed E-state index contributed by atoms with van der Waals surface area (Å²) in [5.74, 6) is 0.937. The van der Waals surface area contributed by atoms with Crippen molar-refractivity contribution >= 4 is 23.2 Å². The highest BCUT2D eigenvalue weighted by Crippen LogP contribution is 2.47. The molecule has 0 aliphatic heterocycles. The average molecular weight is 477 g/mol. The number of halogens is 3. The van der Waals surface area contributed by atoms with Crippen LogP contribution in [0.4, 0.5) is 4.39 Å². The molecule has 174 valence electrons. The van der Waals surface area contributed by atoms with Gasteiger partial charge in [-0.1, -0.05) is 82.1 Å². The van der Waals surface area contributed by atoms with E-state index in [2.05, 4.69) is 40.9 Å². The topological polar surface area (TPSA) is 9.23 Å². The second-order valence-corrected chi connectivity index (χ2v) is 10.0. The largest absolute Gasteiger partial charge is 0.498 e. The van der Waals surface area contributed by atoms with Gasteiger partial charge in [0, 0.05) is 15.5 Å². The van der Waals surface area contributed by atoms with Gasteiger partial charge in [0.05, 0.1) is 12.4 Å². The average Bonchev–Trinajstić information content (AvgIpc) is 2.75. The van der Waals surface area contributed by atoms with Crippen molar-refractivity contribution in [2.75, 3.05) is 6.61 Å². The van der Waals surface area contributed by atoms with Crippen LogP contribution in [0.3, 0.4) is 0 Å². The van der Waals surface area contributed by atoms with Gasteiger partial charge in [-0.3, -0.25) is 0 Å². The van der Waals surface area contributed by atoms with Gasteiger partial charge in [-0.2, -0.15) is 0 Å². The highest BCUT2D eigenvalue weighted by Gasteiger charge is 2.35. The third kappa shape index (κ3) is 7.12. The van der Waals surface area contributed by atoms with Crippen molar-refractivity contribution in [3.8, 4) is 0 Å². The first-order valence-electron chi connectivity index (χ1n) is 11.2. The number of ether oxygens (including phenoxy) is 1. The number of allylic oxidation sites excluding steroid dienone is 2. The maximum atomic E-state index is 14.3. The second-order valence-electron chi connectivity index (χ2n) is 9.15. The molecular formula is C28H35Cl2FO. The zero-order valence-electron chi connectivity index (χ0n) is 19.6. The van der Waals surface area contributed by atoms with Crippen molar-refractivity contribution in [2.45, 2.75) is 58.8 Å². The molecular weight excluding hydrogens is 442 g/mol. The zero-order valence-corrected chi connectivity index (χ0v) is 21.1. The lowest BCUT2D eigenvalue weighted by Gasteiger charge is -2.37. The molecule has 0 fully saturated rings. The van der Waals surface area contributed by atoms with Crippen LogP contribution in [0.1, 0.15) is 69.9 Å². The predicted octanol–water partition coefficient (Wildman–Crippen LogP) is 9.57. The van der Waals surface area contributed by atoms with Gasteiger partial charge in [0.15, 0.2) is 0 Å². The Morgan fingerprint density at radius 2 is 1.75 bits per heavy atom. The Morgan fingerprint density at radius 3 is 2.31 bits per heavy atom. The minimum atomic E-state index is -0.362. The molecule has 0 bridgehead atoms. The smallest absolute Gasteiger partial charge is 0.124 e. The van der Waals surface area contributed by atoms with E-state index < -0.39 is 0 Å². The second kappa shape index (κ2) is 11.9. The molecule has 0 aromatic heterocycles. The van der Waals surface area contributed by atoms with Gasteiger partial charge < -0.3 is 4.74 Å². The fourth-order valence-corrected chi connectivity index (χ4v) is 4.38. The standard InChI is InChI=1S/C28H35Cl2FO/c1-7-13-28(6,21(5)32-18-19(3)8-2)17-27(23-14-25(30)16-26(31)15-23)20(4)22-9-11-24(29)12-10-22/h7,9-12,14-16,19-20,27H,1,5,8,13,17-18H2,2-4,6H3/t19-,20+,27-,28-/m0/s1. The maximum Gasteiger partial charge on any atom is 0.124 e. The van der Waals surface area contributed by atoms with Crippen molar-refractivity contribution in [3.63, 3.8) is 0 Å². The van der Waals surface area contributed by atoms with Crippen LogP contribution in [0.5, 0.6) is 0 Å². The lowest BCUT2D eigenvalue weighted by molar-refractivity contribution is 0.101. The number of benzene rings is 2. The zero-order chi connectivity index (χ0) is 23.9. The number of hydrogen-bond donors (Lipinski definition) is 0. The van der Waals surface area contributed by atoms with E-state index in [1.807, 2.05) is 36.4 Å². The van der Waals surface area contributed by atoms with Gasteiger partial charge in [0.2, 0.25) is 0 Å². The van der Waals surface area contributed by atoms with E-state index in [4.69, 9.17) is 27.9 Å². The number of rotatable bonds is 12.